The normalized spacial score (nSPS) is 17.9. The third-order valence-electron chi connectivity index (χ3n) is 4.61. The third kappa shape index (κ3) is 3.36. The van der Waals surface area contributed by atoms with Crippen LogP contribution < -0.4 is 0 Å². The zero-order valence-corrected chi connectivity index (χ0v) is 14.7. The molecule has 0 radical (unpaired) electrons. The molecular weight excluding hydrogens is 322 g/mol. The molecule has 4 nitrogen and oxygen atoms in total. The predicted octanol–water partition coefficient (Wildman–Crippen LogP) is 3.03. The summed E-state index contributed by atoms with van der Waals surface area (Å²) in [4.78, 5) is 14.7. The molecule has 0 spiro atoms. The smallest absolute Gasteiger partial charge is 0.253 e. The molecule has 1 aliphatic heterocycles. The molecule has 24 heavy (non-hydrogen) atoms. The maximum Gasteiger partial charge on any atom is 0.253 e. The van der Waals surface area contributed by atoms with Crippen LogP contribution in [0.2, 0.25) is 0 Å². The maximum atomic E-state index is 12.7. The number of carbonyl (C=O) groups is 1. The topological polar surface area (TPSA) is 54.5 Å². The monoisotopic (exact) mass is 343 g/mol. The molecule has 1 amide bonds. The van der Waals surface area contributed by atoms with E-state index < -0.39 is 9.84 Å². The van der Waals surface area contributed by atoms with Gasteiger partial charge in [0.05, 0.1) is 4.90 Å². The van der Waals surface area contributed by atoms with Crippen LogP contribution in [0.15, 0.2) is 53.4 Å². The van der Waals surface area contributed by atoms with Crippen LogP contribution >= 0.6 is 0 Å². The van der Waals surface area contributed by atoms with E-state index in [2.05, 4.69) is 19.1 Å². The summed E-state index contributed by atoms with van der Waals surface area (Å²) in [5, 5.41) is 0. The van der Waals surface area contributed by atoms with Crippen LogP contribution in [0, 0.1) is 6.92 Å². The summed E-state index contributed by atoms with van der Waals surface area (Å²) in [5.74, 6) is 0.241. The first-order valence-corrected chi connectivity index (χ1v) is 9.90. The van der Waals surface area contributed by atoms with E-state index in [9.17, 15) is 13.2 Å². The second-order valence-corrected chi connectivity index (χ2v) is 8.41. The maximum absolute atomic E-state index is 12.7. The van der Waals surface area contributed by atoms with E-state index in [-0.39, 0.29) is 10.8 Å². The number of amides is 1. The molecule has 0 N–H and O–H groups in total. The van der Waals surface area contributed by atoms with Crippen LogP contribution in [-0.4, -0.2) is 38.6 Å². The van der Waals surface area contributed by atoms with Crippen molar-refractivity contribution in [3.05, 3.63) is 65.2 Å². The molecule has 1 atom stereocenters. The number of sulfone groups is 1. The Labute approximate surface area is 143 Å². The Morgan fingerprint density at radius 1 is 1.12 bits per heavy atom. The van der Waals surface area contributed by atoms with Gasteiger partial charge in [0.15, 0.2) is 9.84 Å². The molecule has 1 fully saturated rings. The van der Waals surface area contributed by atoms with Crippen LogP contribution in [0.3, 0.4) is 0 Å². The van der Waals surface area contributed by atoms with Gasteiger partial charge in [-0.2, -0.15) is 0 Å². The Bertz CT molecular complexity index is 874. The Morgan fingerprint density at radius 2 is 1.88 bits per heavy atom. The lowest BCUT2D eigenvalue weighted by Crippen LogP contribution is -2.28. The predicted molar refractivity (Wildman–Crippen MR) is 94.0 cm³/mol. The molecule has 5 heteroatoms. The van der Waals surface area contributed by atoms with Crippen LogP contribution in [0.4, 0.5) is 0 Å². The van der Waals surface area contributed by atoms with E-state index >= 15 is 0 Å². The summed E-state index contributed by atoms with van der Waals surface area (Å²) in [6.07, 6.45) is 2.09. The molecule has 0 saturated carbocycles. The number of carbonyl (C=O) groups excluding carboxylic acids is 1. The lowest BCUT2D eigenvalue weighted by Gasteiger charge is -2.18. The summed E-state index contributed by atoms with van der Waals surface area (Å²) in [6.45, 7) is 3.46. The molecule has 0 aliphatic carbocycles. The molecule has 0 unspecified atom stereocenters. The van der Waals surface area contributed by atoms with Crippen LogP contribution in [-0.2, 0) is 9.84 Å². The average Bonchev–Trinajstić information content (AvgIpc) is 3.03. The first-order chi connectivity index (χ1) is 11.4. The van der Waals surface area contributed by atoms with Crippen molar-refractivity contribution < 1.29 is 13.2 Å². The molecular formula is C19H21NO3S. The molecule has 1 saturated heterocycles. The van der Waals surface area contributed by atoms with Gasteiger partial charge in [-0.1, -0.05) is 30.3 Å². The van der Waals surface area contributed by atoms with Crippen molar-refractivity contribution in [2.24, 2.45) is 0 Å². The molecule has 3 rings (SSSR count). The zero-order chi connectivity index (χ0) is 17.3. The molecule has 1 aliphatic rings. The van der Waals surface area contributed by atoms with Gasteiger partial charge in [0.2, 0.25) is 0 Å². The van der Waals surface area contributed by atoms with Crippen LogP contribution in [0.5, 0.6) is 0 Å². The number of hydrogen-bond donors (Lipinski definition) is 0. The van der Waals surface area contributed by atoms with Gasteiger partial charge < -0.3 is 4.90 Å². The van der Waals surface area contributed by atoms with Gasteiger partial charge in [-0.25, -0.2) is 8.42 Å². The van der Waals surface area contributed by atoms with Crippen molar-refractivity contribution in [3.63, 3.8) is 0 Å². The molecule has 1 heterocycles. The lowest BCUT2D eigenvalue weighted by molar-refractivity contribution is 0.0790. The van der Waals surface area contributed by atoms with Gasteiger partial charge in [0.1, 0.15) is 0 Å². The number of nitrogens with zero attached hydrogens (tertiary/aromatic N) is 1. The molecule has 0 bridgehead atoms. The van der Waals surface area contributed by atoms with Crippen molar-refractivity contribution >= 4 is 15.7 Å². The van der Waals surface area contributed by atoms with Gasteiger partial charge in [-0.15, -0.1) is 0 Å². The Morgan fingerprint density at radius 3 is 2.58 bits per heavy atom. The Balaban J connectivity index is 1.79. The Hall–Kier alpha value is -2.14. The van der Waals surface area contributed by atoms with E-state index in [1.807, 2.05) is 17.0 Å². The second kappa shape index (κ2) is 6.40. The third-order valence-corrected chi connectivity index (χ3v) is 5.72. The van der Waals surface area contributed by atoms with E-state index in [0.717, 1.165) is 12.7 Å². The van der Waals surface area contributed by atoms with Crippen molar-refractivity contribution in [2.45, 2.75) is 24.2 Å². The fourth-order valence-corrected chi connectivity index (χ4v) is 3.95. The fraction of sp³-hybridized carbons (Fsp3) is 0.316. The number of likely N-dealkylation sites (tertiary alicyclic amines) is 1. The van der Waals surface area contributed by atoms with Crippen molar-refractivity contribution in [1.29, 1.82) is 0 Å². The SMILES string of the molecule is Cc1ccccc1[C@@H]1CCN(C(=O)c2cccc(S(C)(=O)=O)c2)C1. The fourth-order valence-electron chi connectivity index (χ4n) is 3.29. The second-order valence-electron chi connectivity index (χ2n) is 6.39. The van der Waals surface area contributed by atoms with Gasteiger partial charge in [-0.05, 0) is 42.7 Å². The van der Waals surface area contributed by atoms with Gasteiger partial charge >= 0.3 is 0 Å². The van der Waals surface area contributed by atoms with Gasteiger partial charge in [0.25, 0.3) is 5.91 Å². The minimum absolute atomic E-state index is 0.100. The van der Waals surface area contributed by atoms with E-state index in [1.165, 1.54) is 23.3 Å². The summed E-state index contributed by atoms with van der Waals surface area (Å²) >= 11 is 0. The highest BCUT2D eigenvalue weighted by Crippen LogP contribution is 2.30. The zero-order valence-electron chi connectivity index (χ0n) is 13.9. The van der Waals surface area contributed by atoms with Gasteiger partial charge in [-0.3, -0.25) is 4.79 Å². The number of benzene rings is 2. The highest BCUT2D eigenvalue weighted by molar-refractivity contribution is 7.90. The van der Waals surface area contributed by atoms with E-state index in [0.29, 0.717) is 24.6 Å². The minimum Gasteiger partial charge on any atom is -0.338 e. The Kier molecular flexibility index (Phi) is 4.45. The van der Waals surface area contributed by atoms with Gasteiger partial charge in [0, 0.05) is 30.8 Å². The number of rotatable bonds is 3. The van der Waals surface area contributed by atoms with E-state index in [1.54, 1.807) is 12.1 Å². The summed E-state index contributed by atoms with van der Waals surface area (Å²) in [5.41, 5.74) is 2.97. The van der Waals surface area contributed by atoms with Crippen molar-refractivity contribution in [2.75, 3.05) is 19.3 Å². The lowest BCUT2D eigenvalue weighted by atomic mass is 9.94. The van der Waals surface area contributed by atoms with Crippen molar-refractivity contribution in [1.82, 2.24) is 4.90 Å². The highest BCUT2D eigenvalue weighted by Gasteiger charge is 2.28. The van der Waals surface area contributed by atoms with Crippen molar-refractivity contribution in [3.8, 4) is 0 Å². The number of aryl methyl sites for hydroxylation is 1. The molecule has 126 valence electrons. The molecule has 0 aromatic heterocycles. The van der Waals surface area contributed by atoms with Crippen LogP contribution in [0.1, 0.15) is 33.8 Å². The van der Waals surface area contributed by atoms with E-state index in [4.69, 9.17) is 0 Å². The largest absolute Gasteiger partial charge is 0.338 e. The minimum atomic E-state index is -3.31. The summed E-state index contributed by atoms with van der Waals surface area (Å²) in [7, 11) is -3.31. The van der Waals surface area contributed by atoms with Crippen LogP contribution in [0.25, 0.3) is 0 Å². The number of hydrogen-bond acceptors (Lipinski definition) is 3. The standard InChI is InChI=1S/C19H21NO3S/c1-14-6-3-4-9-18(14)16-10-11-20(13-16)19(21)15-7-5-8-17(12-15)24(2,22)23/h3-9,12,16H,10-11,13H2,1-2H3/t16-/m1/s1. The summed E-state index contributed by atoms with van der Waals surface area (Å²) in [6, 6.07) is 14.6. The average molecular weight is 343 g/mol. The highest BCUT2D eigenvalue weighted by atomic mass is 32.2. The summed E-state index contributed by atoms with van der Waals surface area (Å²) < 4.78 is 23.4. The quantitative estimate of drug-likeness (QED) is 0.861. The molecule has 2 aromatic carbocycles. The first kappa shape index (κ1) is 16.7. The first-order valence-electron chi connectivity index (χ1n) is 8.01. The molecule has 2 aromatic rings.